The minimum Gasteiger partial charge on any atom is -0.494 e. The number of morpholine rings is 1. The first-order chi connectivity index (χ1) is 9.76. The van der Waals surface area contributed by atoms with E-state index in [0.29, 0.717) is 26.3 Å². The zero-order valence-corrected chi connectivity index (χ0v) is 12.1. The molecule has 110 valence electrons. The van der Waals surface area contributed by atoms with Gasteiger partial charge in [-0.25, -0.2) is 0 Å². The number of nitrogens with one attached hydrogen (secondary N) is 1. The van der Waals surface area contributed by atoms with Crippen LogP contribution in [-0.4, -0.2) is 50.8 Å². The molecule has 1 aliphatic rings. The maximum absolute atomic E-state index is 11.8. The molecule has 0 bridgehead atoms. The first kappa shape index (κ1) is 14.8. The Morgan fingerprint density at radius 1 is 1.45 bits per heavy atom. The molecule has 1 N–H and O–H groups in total. The van der Waals surface area contributed by atoms with Crippen LogP contribution in [0.4, 0.5) is 0 Å². The number of rotatable bonds is 6. The predicted octanol–water partition coefficient (Wildman–Crippen LogP) is 1.20. The lowest BCUT2D eigenvalue weighted by Gasteiger charge is -2.31. The van der Waals surface area contributed by atoms with Crippen molar-refractivity contribution in [2.45, 2.75) is 13.0 Å². The lowest BCUT2D eigenvalue weighted by atomic mass is 10.0. The van der Waals surface area contributed by atoms with E-state index in [-0.39, 0.29) is 18.6 Å². The van der Waals surface area contributed by atoms with Crippen LogP contribution in [0.15, 0.2) is 24.3 Å². The van der Waals surface area contributed by atoms with Crippen molar-refractivity contribution in [1.29, 1.82) is 0 Å². The van der Waals surface area contributed by atoms with E-state index in [1.807, 2.05) is 43.1 Å². The van der Waals surface area contributed by atoms with Gasteiger partial charge in [-0.3, -0.25) is 4.79 Å². The van der Waals surface area contributed by atoms with Crippen LogP contribution in [-0.2, 0) is 9.53 Å². The molecular weight excluding hydrogens is 256 g/mol. The fraction of sp³-hybridized carbons (Fsp3) is 0.533. The van der Waals surface area contributed by atoms with Gasteiger partial charge in [-0.2, -0.15) is 0 Å². The summed E-state index contributed by atoms with van der Waals surface area (Å²) < 4.78 is 10.8. The summed E-state index contributed by atoms with van der Waals surface area (Å²) in [6.45, 7) is 4.66. The zero-order valence-electron chi connectivity index (χ0n) is 12.1. The molecule has 1 saturated heterocycles. The van der Waals surface area contributed by atoms with Crippen LogP contribution in [0, 0.1) is 0 Å². The fourth-order valence-corrected chi connectivity index (χ4v) is 2.36. The molecule has 1 amide bonds. The second kappa shape index (κ2) is 7.26. The number of carbonyl (C=O) groups excluding carboxylic acids is 1. The summed E-state index contributed by atoms with van der Waals surface area (Å²) in [5.41, 5.74) is 1.08. The van der Waals surface area contributed by atoms with Gasteiger partial charge in [0.15, 0.2) is 0 Å². The van der Waals surface area contributed by atoms with Gasteiger partial charge in [0.1, 0.15) is 12.4 Å². The van der Waals surface area contributed by atoms with Crippen LogP contribution in [0.1, 0.15) is 18.5 Å². The molecule has 1 fully saturated rings. The van der Waals surface area contributed by atoms with E-state index in [0.717, 1.165) is 11.3 Å². The molecule has 5 heteroatoms. The van der Waals surface area contributed by atoms with Gasteiger partial charge in [-0.05, 0) is 20.0 Å². The average molecular weight is 278 g/mol. The van der Waals surface area contributed by atoms with E-state index in [1.54, 1.807) is 0 Å². The third kappa shape index (κ3) is 3.49. The molecule has 1 aromatic rings. The van der Waals surface area contributed by atoms with E-state index < -0.39 is 0 Å². The average Bonchev–Trinajstić information content (AvgIpc) is 2.48. The highest BCUT2D eigenvalue weighted by molar-refractivity contribution is 5.78. The van der Waals surface area contributed by atoms with Crippen molar-refractivity contribution in [2.24, 2.45) is 0 Å². The molecule has 1 aliphatic heterocycles. The lowest BCUT2D eigenvalue weighted by molar-refractivity contribution is -0.143. The number of para-hydroxylation sites is 1. The topological polar surface area (TPSA) is 50.8 Å². The Hall–Kier alpha value is -1.59. The number of hydrogen-bond donors (Lipinski definition) is 1. The van der Waals surface area contributed by atoms with E-state index in [4.69, 9.17) is 9.47 Å². The first-order valence-electron chi connectivity index (χ1n) is 7.00. The highest BCUT2D eigenvalue weighted by Gasteiger charge is 2.23. The summed E-state index contributed by atoms with van der Waals surface area (Å²) in [5.74, 6) is 0.917. The van der Waals surface area contributed by atoms with Gasteiger partial charge in [0.2, 0.25) is 5.91 Å². The van der Waals surface area contributed by atoms with Gasteiger partial charge in [0, 0.05) is 18.7 Å². The zero-order chi connectivity index (χ0) is 14.4. The first-order valence-corrected chi connectivity index (χ1v) is 7.00. The van der Waals surface area contributed by atoms with Gasteiger partial charge in [0.05, 0.1) is 19.3 Å². The third-order valence-corrected chi connectivity index (χ3v) is 3.43. The largest absolute Gasteiger partial charge is 0.494 e. The molecule has 1 unspecified atom stereocenters. The van der Waals surface area contributed by atoms with E-state index in [1.165, 1.54) is 0 Å². The summed E-state index contributed by atoms with van der Waals surface area (Å²) in [5, 5.41) is 3.27. The van der Waals surface area contributed by atoms with Crippen LogP contribution in [0.25, 0.3) is 0 Å². The smallest absolute Gasteiger partial charge is 0.248 e. The highest BCUT2D eigenvalue weighted by Crippen LogP contribution is 2.26. The van der Waals surface area contributed by atoms with Gasteiger partial charge >= 0.3 is 0 Å². The monoisotopic (exact) mass is 278 g/mol. The number of hydrogen-bond acceptors (Lipinski definition) is 4. The molecule has 20 heavy (non-hydrogen) atoms. The number of nitrogens with zero attached hydrogens (tertiary/aromatic N) is 1. The summed E-state index contributed by atoms with van der Waals surface area (Å²) >= 11 is 0. The predicted molar refractivity (Wildman–Crippen MR) is 76.8 cm³/mol. The van der Waals surface area contributed by atoms with Crippen molar-refractivity contribution in [3.63, 3.8) is 0 Å². The second-order valence-corrected chi connectivity index (χ2v) is 4.70. The van der Waals surface area contributed by atoms with Crippen molar-refractivity contribution in [2.75, 3.05) is 40.0 Å². The second-order valence-electron chi connectivity index (χ2n) is 4.70. The Kier molecular flexibility index (Phi) is 5.38. The van der Waals surface area contributed by atoms with Crippen LogP contribution in [0.3, 0.4) is 0 Å². The Morgan fingerprint density at radius 2 is 2.25 bits per heavy atom. The molecule has 1 atom stereocenters. The van der Waals surface area contributed by atoms with Crippen LogP contribution in [0.2, 0.25) is 0 Å². The molecule has 0 saturated carbocycles. The van der Waals surface area contributed by atoms with Crippen molar-refractivity contribution in [3.8, 4) is 5.75 Å². The molecule has 0 radical (unpaired) electrons. The van der Waals surface area contributed by atoms with E-state index in [9.17, 15) is 4.79 Å². The summed E-state index contributed by atoms with van der Waals surface area (Å²) in [6, 6.07) is 8.01. The third-order valence-electron chi connectivity index (χ3n) is 3.43. The van der Waals surface area contributed by atoms with E-state index in [2.05, 4.69) is 5.32 Å². The maximum Gasteiger partial charge on any atom is 0.248 e. The van der Waals surface area contributed by atoms with Crippen LogP contribution >= 0.6 is 0 Å². The summed E-state index contributed by atoms with van der Waals surface area (Å²) in [4.78, 5) is 13.7. The van der Waals surface area contributed by atoms with Crippen molar-refractivity contribution in [1.82, 2.24) is 10.2 Å². The number of carbonyl (C=O) groups is 1. The molecule has 2 rings (SSSR count). The summed E-state index contributed by atoms with van der Waals surface area (Å²) in [7, 11) is 1.90. The maximum atomic E-state index is 11.8. The molecule has 1 aromatic carbocycles. The fourth-order valence-electron chi connectivity index (χ4n) is 2.36. The van der Waals surface area contributed by atoms with Crippen LogP contribution in [0.5, 0.6) is 5.75 Å². The summed E-state index contributed by atoms with van der Waals surface area (Å²) in [6.07, 6.45) is 0. The van der Waals surface area contributed by atoms with E-state index >= 15 is 0 Å². The minimum atomic E-state index is 0.0467. The van der Waals surface area contributed by atoms with Gasteiger partial charge in [-0.1, -0.05) is 18.2 Å². The van der Waals surface area contributed by atoms with Crippen LogP contribution < -0.4 is 10.1 Å². The quantitative estimate of drug-likeness (QED) is 0.849. The van der Waals surface area contributed by atoms with Crippen molar-refractivity contribution in [3.05, 3.63) is 29.8 Å². The Morgan fingerprint density at radius 3 is 2.95 bits per heavy atom. The highest BCUT2D eigenvalue weighted by atomic mass is 16.5. The molecular formula is C15H22N2O3. The molecule has 5 nitrogen and oxygen atoms in total. The van der Waals surface area contributed by atoms with Crippen molar-refractivity contribution >= 4 is 5.91 Å². The Bertz CT molecular complexity index is 450. The van der Waals surface area contributed by atoms with Gasteiger partial charge in [0.25, 0.3) is 0 Å². The molecule has 1 heterocycles. The van der Waals surface area contributed by atoms with Crippen molar-refractivity contribution < 1.29 is 14.3 Å². The molecule has 0 aromatic heterocycles. The Balaban J connectivity index is 2.13. The minimum absolute atomic E-state index is 0.0467. The van der Waals surface area contributed by atoms with Gasteiger partial charge < -0.3 is 19.7 Å². The lowest BCUT2D eigenvalue weighted by Crippen LogP contribution is -2.45. The number of ether oxygens (including phenoxy) is 2. The normalized spacial score (nSPS) is 17.1. The number of benzene rings is 1. The Labute approximate surface area is 119 Å². The molecule has 0 spiro atoms. The number of amides is 1. The molecule has 0 aliphatic carbocycles. The SMILES string of the molecule is CCOc1ccccc1C(CN1CCOCC1=O)NC. The number of likely N-dealkylation sites (N-methyl/N-ethyl adjacent to an activating group) is 1. The standard InChI is InChI=1S/C15H22N2O3/c1-3-20-14-7-5-4-6-12(14)13(16-2)10-17-8-9-19-11-15(17)18/h4-7,13,16H,3,8-11H2,1-2H3. The van der Waals surface area contributed by atoms with Gasteiger partial charge in [-0.15, -0.1) is 0 Å².